The van der Waals surface area contributed by atoms with Gasteiger partial charge in [0, 0.05) is 23.5 Å². The number of fused-ring (bicyclic) bond motifs is 1. The monoisotopic (exact) mass is 334 g/mol. The second kappa shape index (κ2) is 5.67. The van der Waals surface area contributed by atoms with Crippen LogP contribution >= 0.6 is 11.8 Å². The summed E-state index contributed by atoms with van der Waals surface area (Å²) in [5.41, 5.74) is 11.7. The summed E-state index contributed by atoms with van der Waals surface area (Å²) in [7, 11) is 0. The molecule has 0 saturated carbocycles. The highest BCUT2D eigenvalue weighted by Gasteiger charge is 2.50. The van der Waals surface area contributed by atoms with E-state index in [1.54, 1.807) is 29.1 Å². The number of nitrogens with zero attached hydrogens (tertiary/aromatic N) is 2. The van der Waals surface area contributed by atoms with Crippen LogP contribution in [0.15, 0.2) is 35.8 Å². The van der Waals surface area contributed by atoms with Gasteiger partial charge in [0.15, 0.2) is 18.9 Å². The molecule has 2 amide bonds. The number of amides is 2. The number of hydrogen-bond donors (Lipinski definition) is 2. The van der Waals surface area contributed by atoms with Crippen molar-refractivity contribution < 1.29 is 24.1 Å². The van der Waals surface area contributed by atoms with Crippen molar-refractivity contribution in [3.8, 4) is 0 Å². The van der Waals surface area contributed by atoms with Gasteiger partial charge in [-0.25, -0.2) is 4.57 Å². The summed E-state index contributed by atoms with van der Waals surface area (Å²) in [6, 6.07) is 2.43. The first-order chi connectivity index (χ1) is 10.9. The number of aromatic nitrogens is 1. The smallest absolute Gasteiger partial charge is 0.249 e. The molecule has 8 nitrogen and oxygen atoms in total. The number of carbonyl (C=O) groups excluding carboxylic acids is 3. The van der Waals surface area contributed by atoms with E-state index in [2.05, 4.69) is 0 Å². The minimum absolute atomic E-state index is 0.105. The van der Waals surface area contributed by atoms with Crippen molar-refractivity contribution in [2.24, 2.45) is 11.5 Å². The molecule has 1 aromatic heterocycles. The maximum atomic E-state index is 11.8. The quantitative estimate of drug-likeness (QED) is 0.455. The minimum atomic E-state index is -1.39. The maximum Gasteiger partial charge on any atom is 0.249 e. The fraction of sp³-hybridized carbons (Fsp3) is 0.286. The zero-order chi connectivity index (χ0) is 16.7. The molecule has 9 heteroatoms. The van der Waals surface area contributed by atoms with Crippen molar-refractivity contribution in [2.45, 2.75) is 18.0 Å². The zero-order valence-corrected chi connectivity index (χ0v) is 12.8. The predicted molar refractivity (Wildman–Crippen MR) is 78.3 cm³/mol. The topological polar surface area (TPSA) is 133 Å². The minimum Gasteiger partial charge on any atom is -0.543 e. The molecular formula is C14H14N4O4S. The highest BCUT2D eigenvalue weighted by atomic mass is 32.2. The summed E-state index contributed by atoms with van der Waals surface area (Å²) in [6.45, 7) is 0.265. The van der Waals surface area contributed by atoms with E-state index in [1.807, 2.05) is 0 Å². The van der Waals surface area contributed by atoms with E-state index in [1.165, 1.54) is 16.7 Å². The average Bonchev–Trinajstić information content (AvgIpc) is 2.53. The average molecular weight is 334 g/mol. The number of aliphatic carboxylic acids is 1. The van der Waals surface area contributed by atoms with Gasteiger partial charge in [-0.3, -0.25) is 14.5 Å². The molecule has 4 N–H and O–H groups in total. The fourth-order valence-corrected chi connectivity index (χ4v) is 3.92. The third-order valence-corrected chi connectivity index (χ3v) is 5.19. The number of carbonyl (C=O) groups is 3. The number of carboxylic acids is 1. The summed E-state index contributed by atoms with van der Waals surface area (Å²) >= 11 is 1.43. The van der Waals surface area contributed by atoms with Crippen molar-refractivity contribution in [3.05, 3.63) is 41.4 Å². The van der Waals surface area contributed by atoms with Gasteiger partial charge in [-0.1, -0.05) is 0 Å². The highest BCUT2D eigenvalue weighted by molar-refractivity contribution is 8.00. The summed E-state index contributed by atoms with van der Waals surface area (Å²) < 4.78 is 1.70. The summed E-state index contributed by atoms with van der Waals surface area (Å²) in [4.78, 5) is 35.5. The van der Waals surface area contributed by atoms with E-state index >= 15 is 0 Å². The Balaban J connectivity index is 1.89. The van der Waals surface area contributed by atoms with Crippen LogP contribution in [0.2, 0.25) is 0 Å². The Kier molecular flexibility index (Phi) is 3.82. The largest absolute Gasteiger partial charge is 0.543 e. The molecular weight excluding hydrogens is 320 g/mol. The normalized spacial score (nSPS) is 23.3. The molecule has 120 valence electrons. The van der Waals surface area contributed by atoms with Gasteiger partial charge < -0.3 is 21.4 Å². The number of hydrogen-bond acceptors (Lipinski definition) is 6. The Morgan fingerprint density at radius 3 is 2.61 bits per heavy atom. The number of thioether (sulfide) groups is 1. The van der Waals surface area contributed by atoms with Gasteiger partial charge in [-0.05, 0) is 0 Å². The summed E-state index contributed by atoms with van der Waals surface area (Å²) in [5, 5.41) is 11.1. The molecule has 3 rings (SSSR count). The fourth-order valence-electron chi connectivity index (χ4n) is 2.64. The van der Waals surface area contributed by atoms with E-state index in [4.69, 9.17) is 11.5 Å². The van der Waals surface area contributed by atoms with Gasteiger partial charge in [-0.2, -0.15) is 0 Å². The second-order valence-electron chi connectivity index (χ2n) is 5.30. The van der Waals surface area contributed by atoms with Gasteiger partial charge in [0.1, 0.15) is 11.4 Å². The van der Waals surface area contributed by atoms with Crippen LogP contribution in [0.1, 0.15) is 10.4 Å². The van der Waals surface area contributed by atoms with Crippen LogP contribution in [-0.4, -0.2) is 39.9 Å². The third-order valence-electron chi connectivity index (χ3n) is 3.83. The van der Waals surface area contributed by atoms with Crippen LogP contribution in [0.4, 0.5) is 0 Å². The van der Waals surface area contributed by atoms with E-state index in [0.29, 0.717) is 16.9 Å². The van der Waals surface area contributed by atoms with Crippen LogP contribution < -0.4 is 21.1 Å². The number of rotatable bonds is 4. The van der Waals surface area contributed by atoms with Crippen molar-refractivity contribution in [2.75, 3.05) is 5.75 Å². The molecule has 0 bridgehead atoms. The van der Waals surface area contributed by atoms with Gasteiger partial charge in [0.25, 0.3) is 0 Å². The Morgan fingerprint density at radius 1 is 1.39 bits per heavy atom. The van der Waals surface area contributed by atoms with Crippen molar-refractivity contribution >= 4 is 29.5 Å². The van der Waals surface area contributed by atoms with Crippen LogP contribution in [0, 0.1) is 0 Å². The number of carboxylic acid groups (broad SMARTS) is 1. The summed E-state index contributed by atoms with van der Waals surface area (Å²) in [6.07, 6.45) is 3.25. The van der Waals surface area contributed by atoms with E-state index in [-0.39, 0.29) is 17.6 Å². The Morgan fingerprint density at radius 2 is 2.04 bits per heavy atom. The molecule has 2 atom stereocenters. The SMILES string of the molecule is NC(=O)c1cc[n+](CC2=C(C(=O)[O-])N3C(=O)[C@@H](N)[C@H]3SC2)cc1. The van der Waals surface area contributed by atoms with Crippen LogP contribution in [-0.2, 0) is 16.1 Å². The number of nitrogens with two attached hydrogens (primary N) is 2. The Hall–Kier alpha value is -2.39. The molecule has 2 aliphatic heterocycles. The van der Waals surface area contributed by atoms with E-state index < -0.39 is 23.8 Å². The first-order valence-electron chi connectivity index (χ1n) is 6.82. The molecule has 1 aromatic rings. The van der Waals surface area contributed by atoms with Crippen LogP contribution in [0.25, 0.3) is 0 Å². The van der Waals surface area contributed by atoms with Gasteiger partial charge in [-0.15, -0.1) is 11.8 Å². The molecule has 1 saturated heterocycles. The van der Waals surface area contributed by atoms with Crippen molar-refractivity contribution in [1.29, 1.82) is 0 Å². The molecule has 0 unspecified atom stereocenters. The zero-order valence-electron chi connectivity index (χ0n) is 12.0. The van der Waals surface area contributed by atoms with Gasteiger partial charge in [0.2, 0.25) is 11.8 Å². The molecule has 0 aliphatic carbocycles. The van der Waals surface area contributed by atoms with E-state index in [9.17, 15) is 19.5 Å². The summed E-state index contributed by atoms with van der Waals surface area (Å²) in [5.74, 6) is -1.90. The lowest BCUT2D eigenvalue weighted by atomic mass is 10.0. The van der Waals surface area contributed by atoms with Crippen LogP contribution in [0.3, 0.4) is 0 Å². The number of β-lactam (4-membered cyclic amide) rings is 1. The van der Waals surface area contributed by atoms with Crippen LogP contribution in [0.5, 0.6) is 0 Å². The van der Waals surface area contributed by atoms with Gasteiger partial charge >= 0.3 is 0 Å². The first-order valence-corrected chi connectivity index (χ1v) is 7.87. The van der Waals surface area contributed by atoms with Crippen molar-refractivity contribution in [3.63, 3.8) is 0 Å². The molecule has 0 radical (unpaired) electrons. The molecule has 3 heterocycles. The second-order valence-corrected chi connectivity index (χ2v) is 6.40. The molecule has 2 aliphatic rings. The molecule has 0 aromatic carbocycles. The third kappa shape index (κ3) is 2.57. The maximum absolute atomic E-state index is 11.8. The molecule has 23 heavy (non-hydrogen) atoms. The lowest BCUT2D eigenvalue weighted by molar-refractivity contribution is -0.689. The Bertz CT molecular complexity index is 731. The lowest BCUT2D eigenvalue weighted by Gasteiger charge is -2.49. The standard InChI is InChI=1S/C14H14N4O4S/c15-9-12(20)18-10(14(21)22)8(6-23-13(9)18)5-17-3-1-7(2-4-17)11(16)19/h1-4,9,13H,5-6,15H2,(H2-,16,19,21,22)/t9-,13-/m1/s1. The first kappa shape index (κ1) is 15.5. The number of pyridine rings is 1. The molecule has 1 fully saturated rings. The number of primary amides is 1. The van der Waals surface area contributed by atoms with E-state index in [0.717, 1.165) is 0 Å². The highest BCUT2D eigenvalue weighted by Crippen LogP contribution is 2.39. The Labute approximate surface area is 135 Å². The molecule has 0 spiro atoms. The predicted octanol–water partition coefficient (Wildman–Crippen LogP) is -2.68. The van der Waals surface area contributed by atoms with Gasteiger partial charge in [0.05, 0.1) is 17.2 Å². The lowest BCUT2D eigenvalue weighted by Crippen LogP contribution is -2.69. The van der Waals surface area contributed by atoms with Crippen molar-refractivity contribution in [1.82, 2.24) is 4.90 Å².